The van der Waals surface area contributed by atoms with Crippen molar-refractivity contribution in [2.24, 2.45) is 0 Å². The summed E-state index contributed by atoms with van der Waals surface area (Å²) in [5.74, 6) is 1.97. The van der Waals surface area contributed by atoms with Crippen LogP contribution in [0.2, 0.25) is 0 Å². The van der Waals surface area contributed by atoms with Crippen LogP contribution in [0.25, 0.3) is 0 Å². The average Bonchev–Trinajstić information content (AvgIpc) is 3.45. The molecule has 0 saturated carbocycles. The first kappa shape index (κ1) is 21.1. The molecule has 2 aliphatic heterocycles. The lowest BCUT2D eigenvalue weighted by atomic mass is 10.1. The molecule has 5 rings (SSSR count). The minimum Gasteiger partial charge on any atom is -0.496 e. The second-order valence-electron chi connectivity index (χ2n) is 8.46. The molecule has 33 heavy (non-hydrogen) atoms. The van der Waals surface area contributed by atoms with Gasteiger partial charge in [0, 0.05) is 28.9 Å². The summed E-state index contributed by atoms with van der Waals surface area (Å²) in [4.78, 5) is 39.3. The van der Waals surface area contributed by atoms with E-state index in [0.29, 0.717) is 30.3 Å². The Balaban J connectivity index is 1.48. The normalized spacial score (nSPS) is 17.4. The molecule has 0 bridgehead atoms. The maximum atomic E-state index is 13.2. The molecule has 1 aromatic heterocycles. The third-order valence-electron chi connectivity index (χ3n) is 6.45. The largest absolute Gasteiger partial charge is 0.496 e. The van der Waals surface area contributed by atoms with Gasteiger partial charge in [0.15, 0.2) is 5.82 Å². The van der Waals surface area contributed by atoms with Crippen molar-refractivity contribution in [1.82, 2.24) is 14.9 Å². The van der Waals surface area contributed by atoms with Crippen LogP contribution in [-0.4, -0.2) is 40.3 Å². The Hall–Kier alpha value is -3.74. The molecule has 3 aromatic rings. The quantitative estimate of drug-likeness (QED) is 0.600. The summed E-state index contributed by atoms with van der Waals surface area (Å²) in [6.45, 7) is 2.97. The van der Waals surface area contributed by atoms with Crippen LogP contribution in [0.4, 0.5) is 5.82 Å². The highest BCUT2D eigenvalue weighted by Crippen LogP contribution is 2.36. The van der Waals surface area contributed by atoms with Crippen molar-refractivity contribution in [3.05, 3.63) is 82.8 Å². The van der Waals surface area contributed by atoms with Gasteiger partial charge in [-0.05, 0) is 38.0 Å². The van der Waals surface area contributed by atoms with Crippen molar-refractivity contribution >= 4 is 17.6 Å². The second kappa shape index (κ2) is 8.65. The second-order valence-corrected chi connectivity index (χ2v) is 8.46. The van der Waals surface area contributed by atoms with Gasteiger partial charge in [0.2, 0.25) is 5.91 Å². The number of para-hydroxylation sites is 1. The van der Waals surface area contributed by atoms with Crippen LogP contribution in [0.3, 0.4) is 0 Å². The fourth-order valence-electron chi connectivity index (χ4n) is 4.74. The summed E-state index contributed by atoms with van der Waals surface area (Å²) in [7, 11) is 1.63. The van der Waals surface area contributed by atoms with E-state index in [1.54, 1.807) is 12.0 Å². The Morgan fingerprint density at radius 1 is 1.09 bits per heavy atom. The summed E-state index contributed by atoms with van der Waals surface area (Å²) in [5, 5.41) is 0. The number of hydrogen-bond acceptors (Lipinski definition) is 5. The molecule has 2 aromatic carbocycles. The van der Waals surface area contributed by atoms with Crippen LogP contribution in [0.15, 0.2) is 54.6 Å². The number of rotatable bonds is 5. The lowest BCUT2D eigenvalue weighted by Crippen LogP contribution is -2.32. The van der Waals surface area contributed by atoms with E-state index in [-0.39, 0.29) is 24.3 Å². The average molecular weight is 443 g/mol. The highest BCUT2D eigenvalue weighted by Gasteiger charge is 2.36. The predicted octanol–water partition coefficient (Wildman–Crippen LogP) is 3.86. The summed E-state index contributed by atoms with van der Waals surface area (Å²) >= 11 is 0. The van der Waals surface area contributed by atoms with Gasteiger partial charge < -0.3 is 9.64 Å². The third-order valence-corrected chi connectivity index (χ3v) is 6.45. The standard InChI is InChI=1S/C26H26N4O3/c1-17-20-15-23(31)30(16-19-11-6-7-13-22(19)33-2)25(20)28-24(27-17)21-12-8-14-29(21)26(32)18-9-4-3-5-10-18/h3-7,9-11,13,21H,8,12,14-16H2,1-2H3/t21-/m0/s1. The minimum atomic E-state index is -0.203. The Morgan fingerprint density at radius 2 is 1.85 bits per heavy atom. The fourth-order valence-corrected chi connectivity index (χ4v) is 4.74. The van der Waals surface area contributed by atoms with E-state index in [4.69, 9.17) is 14.7 Å². The first-order chi connectivity index (χ1) is 16.1. The zero-order valence-corrected chi connectivity index (χ0v) is 18.8. The lowest BCUT2D eigenvalue weighted by molar-refractivity contribution is -0.117. The summed E-state index contributed by atoms with van der Waals surface area (Å²) in [6, 6.07) is 16.8. The Kier molecular flexibility index (Phi) is 5.54. The molecule has 2 amide bonds. The molecular weight excluding hydrogens is 416 g/mol. The number of aryl methyl sites for hydroxylation is 1. The number of fused-ring (bicyclic) bond motifs is 1. The smallest absolute Gasteiger partial charge is 0.254 e. The highest BCUT2D eigenvalue weighted by atomic mass is 16.5. The molecule has 7 heteroatoms. The molecule has 0 radical (unpaired) electrons. The van der Waals surface area contributed by atoms with Crippen molar-refractivity contribution in [3.8, 4) is 5.75 Å². The summed E-state index contributed by atoms with van der Waals surface area (Å²) in [6.07, 6.45) is 1.98. The molecule has 0 spiro atoms. The van der Waals surface area contributed by atoms with Gasteiger partial charge in [0.1, 0.15) is 11.6 Å². The van der Waals surface area contributed by atoms with E-state index >= 15 is 0 Å². The number of amides is 2. The molecule has 2 aliphatic rings. The van der Waals surface area contributed by atoms with Crippen LogP contribution in [0.5, 0.6) is 5.75 Å². The fraction of sp³-hybridized carbons (Fsp3) is 0.308. The van der Waals surface area contributed by atoms with Crippen LogP contribution >= 0.6 is 0 Å². The van der Waals surface area contributed by atoms with Crippen molar-refractivity contribution < 1.29 is 14.3 Å². The number of anilines is 1. The topological polar surface area (TPSA) is 75.6 Å². The van der Waals surface area contributed by atoms with Gasteiger partial charge in [0.05, 0.1) is 26.1 Å². The van der Waals surface area contributed by atoms with Gasteiger partial charge >= 0.3 is 0 Å². The maximum absolute atomic E-state index is 13.2. The molecular formula is C26H26N4O3. The van der Waals surface area contributed by atoms with E-state index in [2.05, 4.69) is 0 Å². The molecule has 7 nitrogen and oxygen atoms in total. The minimum absolute atomic E-state index is 0.00547. The highest BCUT2D eigenvalue weighted by molar-refractivity contribution is 6.00. The number of benzene rings is 2. The monoisotopic (exact) mass is 442 g/mol. The Bertz CT molecular complexity index is 1210. The van der Waals surface area contributed by atoms with Gasteiger partial charge in [-0.15, -0.1) is 0 Å². The number of carbonyl (C=O) groups is 2. The van der Waals surface area contributed by atoms with E-state index in [1.807, 2.05) is 66.4 Å². The third kappa shape index (κ3) is 3.84. The van der Waals surface area contributed by atoms with E-state index in [0.717, 1.165) is 35.4 Å². The van der Waals surface area contributed by atoms with Crippen molar-refractivity contribution in [2.75, 3.05) is 18.6 Å². The number of nitrogens with zero attached hydrogens (tertiary/aromatic N) is 4. The summed E-state index contributed by atoms with van der Waals surface area (Å²) in [5.41, 5.74) is 3.23. The Morgan fingerprint density at radius 3 is 2.64 bits per heavy atom. The van der Waals surface area contributed by atoms with E-state index in [9.17, 15) is 9.59 Å². The van der Waals surface area contributed by atoms with Crippen molar-refractivity contribution in [2.45, 2.75) is 38.8 Å². The molecule has 0 aliphatic carbocycles. The van der Waals surface area contributed by atoms with Gasteiger partial charge in [-0.3, -0.25) is 14.5 Å². The van der Waals surface area contributed by atoms with Crippen LogP contribution in [-0.2, 0) is 17.8 Å². The van der Waals surface area contributed by atoms with Gasteiger partial charge in [-0.2, -0.15) is 0 Å². The predicted molar refractivity (Wildman–Crippen MR) is 124 cm³/mol. The van der Waals surface area contributed by atoms with E-state index < -0.39 is 0 Å². The Labute approximate surface area is 193 Å². The first-order valence-electron chi connectivity index (χ1n) is 11.2. The number of likely N-dealkylation sites (tertiary alicyclic amines) is 1. The van der Waals surface area contributed by atoms with Gasteiger partial charge in [-0.1, -0.05) is 36.4 Å². The van der Waals surface area contributed by atoms with Crippen molar-refractivity contribution in [3.63, 3.8) is 0 Å². The molecule has 1 atom stereocenters. The van der Waals surface area contributed by atoms with E-state index in [1.165, 1.54) is 0 Å². The summed E-state index contributed by atoms with van der Waals surface area (Å²) < 4.78 is 5.48. The number of hydrogen-bond donors (Lipinski definition) is 0. The SMILES string of the molecule is COc1ccccc1CN1C(=O)Cc2c(C)nc([C@@H]3CCCN3C(=O)c3ccccc3)nc21. The number of methoxy groups -OCH3 is 1. The molecule has 168 valence electrons. The van der Waals surface area contributed by atoms with Crippen molar-refractivity contribution in [1.29, 1.82) is 0 Å². The van der Waals surface area contributed by atoms with Gasteiger partial charge in [-0.25, -0.2) is 9.97 Å². The number of carbonyl (C=O) groups excluding carboxylic acids is 2. The van der Waals surface area contributed by atoms with Crippen LogP contribution in [0.1, 0.15) is 51.9 Å². The lowest BCUT2D eigenvalue weighted by Gasteiger charge is -2.25. The molecule has 1 fully saturated rings. The van der Waals surface area contributed by atoms with Crippen LogP contribution < -0.4 is 9.64 Å². The number of ether oxygens (including phenoxy) is 1. The zero-order chi connectivity index (χ0) is 22.9. The molecule has 0 N–H and O–H groups in total. The van der Waals surface area contributed by atoms with Crippen LogP contribution in [0, 0.1) is 6.92 Å². The molecule has 3 heterocycles. The molecule has 0 unspecified atom stereocenters. The molecule has 1 saturated heterocycles. The zero-order valence-electron chi connectivity index (χ0n) is 18.8. The number of aromatic nitrogens is 2. The van der Waals surface area contributed by atoms with Gasteiger partial charge in [0.25, 0.3) is 5.91 Å². The first-order valence-corrected chi connectivity index (χ1v) is 11.2. The maximum Gasteiger partial charge on any atom is 0.254 e.